The van der Waals surface area contributed by atoms with E-state index in [1.54, 1.807) is 0 Å². The van der Waals surface area contributed by atoms with E-state index in [1.165, 1.54) is 11.1 Å². The lowest BCUT2D eigenvalue weighted by Gasteiger charge is -2.29. The molecule has 0 aliphatic carbocycles. The molecule has 3 aromatic carbocycles. The summed E-state index contributed by atoms with van der Waals surface area (Å²) in [5.41, 5.74) is 5.89. The molecule has 0 saturated heterocycles. The van der Waals surface area contributed by atoms with Crippen LogP contribution in [0, 0.1) is 0 Å². The standard InChI is InChI=1S/C27H27N3O2/c1-2-16-30-25(23-9-5-6-10-24(23)27(30)32)28-22-13-11-20(12-14-22)26(31)29-17-15-19-7-3-4-8-21(19)18-29/h3-14,25,28H,2,15-18H2,1H3. The van der Waals surface area contributed by atoms with Gasteiger partial charge in [-0.3, -0.25) is 9.59 Å². The van der Waals surface area contributed by atoms with Gasteiger partial charge in [0, 0.05) is 42.0 Å². The maximum absolute atomic E-state index is 13.1. The molecule has 2 aliphatic rings. The lowest BCUT2D eigenvalue weighted by atomic mass is 9.99. The van der Waals surface area contributed by atoms with E-state index in [9.17, 15) is 9.59 Å². The van der Waals surface area contributed by atoms with Gasteiger partial charge in [-0.1, -0.05) is 49.4 Å². The maximum Gasteiger partial charge on any atom is 0.256 e. The van der Waals surface area contributed by atoms with E-state index in [0.717, 1.165) is 36.2 Å². The summed E-state index contributed by atoms with van der Waals surface area (Å²) >= 11 is 0. The summed E-state index contributed by atoms with van der Waals surface area (Å²) < 4.78 is 0. The Morgan fingerprint density at radius 1 is 0.969 bits per heavy atom. The van der Waals surface area contributed by atoms with Gasteiger partial charge in [-0.25, -0.2) is 0 Å². The summed E-state index contributed by atoms with van der Waals surface area (Å²) in [5, 5.41) is 3.50. The second-order valence-corrected chi connectivity index (χ2v) is 8.46. The molecule has 0 fully saturated rings. The number of benzene rings is 3. The fourth-order valence-corrected chi connectivity index (χ4v) is 4.72. The Labute approximate surface area is 188 Å². The fraction of sp³-hybridized carbons (Fsp3) is 0.259. The van der Waals surface area contributed by atoms with Crippen molar-refractivity contribution in [2.45, 2.75) is 32.5 Å². The quantitative estimate of drug-likeness (QED) is 0.635. The van der Waals surface area contributed by atoms with Crippen LogP contribution in [0.5, 0.6) is 0 Å². The molecule has 2 amide bonds. The predicted molar refractivity (Wildman–Crippen MR) is 125 cm³/mol. The summed E-state index contributed by atoms with van der Waals surface area (Å²) in [6.45, 7) is 4.16. The first-order valence-electron chi connectivity index (χ1n) is 11.3. The molecule has 1 atom stereocenters. The van der Waals surface area contributed by atoms with Crippen molar-refractivity contribution in [2.24, 2.45) is 0 Å². The van der Waals surface area contributed by atoms with Crippen LogP contribution >= 0.6 is 0 Å². The van der Waals surface area contributed by atoms with Crippen LogP contribution < -0.4 is 5.32 Å². The highest BCUT2D eigenvalue weighted by molar-refractivity contribution is 5.99. The van der Waals surface area contributed by atoms with Crippen molar-refractivity contribution in [2.75, 3.05) is 18.4 Å². The molecule has 0 radical (unpaired) electrons. The van der Waals surface area contributed by atoms with Crippen LogP contribution in [0.2, 0.25) is 0 Å². The van der Waals surface area contributed by atoms with E-state index >= 15 is 0 Å². The molecule has 32 heavy (non-hydrogen) atoms. The monoisotopic (exact) mass is 425 g/mol. The lowest BCUT2D eigenvalue weighted by Crippen LogP contribution is -2.36. The average molecular weight is 426 g/mol. The van der Waals surface area contributed by atoms with Gasteiger partial charge in [0.2, 0.25) is 0 Å². The number of anilines is 1. The molecule has 3 aromatic rings. The van der Waals surface area contributed by atoms with Gasteiger partial charge in [-0.05, 0) is 54.3 Å². The molecular weight excluding hydrogens is 398 g/mol. The summed E-state index contributed by atoms with van der Waals surface area (Å²) in [6.07, 6.45) is 1.59. The molecule has 1 unspecified atom stereocenters. The number of fused-ring (bicyclic) bond motifs is 2. The molecule has 5 nitrogen and oxygen atoms in total. The first-order valence-corrected chi connectivity index (χ1v) is 11.3. The fourth-order valence-electron chi connectivity index (χ4n) is 4.72. The van der Waals surface area contributed by atoms with Crippen molar-refractivity contribution in [3.05, 3.63) is 101 Å². The topological polar surface area (TPSA) is 52.7 Å². The van der Waals surface area contributed by atoms with Crippen LogP contribution in [-0.2, 0) is 13.0 Å². The van der Waals surface area contributed by atoms with Gasteiger partial charge in [0.1, 0.15) is 6.17 Å². The smallest absolute Gasteiger partial charge is 0.256 e. The zero-order chi connectivity index (χ0) is 22.1. The van der Waals surface area contributed by atoms with E-state index in [-0.39, 0.29) is 18.0 Å². The Kier molecular flexibility index (Phi) is 5.39. The third-order valence-electron chi connectivity index (χ3n) is 6.38. The molecule has 0 aromatic heterocycles. The normalized spacial score (nSPS) is 17.2. The van der Waals surface area contributed by atoms with Crippen LogP contribution in [-0.4, -0.2) is 34.7 Å². The van der Waals surface area contributed by atoms with Crippen LogP contribution in [0.25, 0.3) is 0 Å². The van der Waals surface area contributed by atoms with Crippen LogP contribution in [0.1, 0.15) is 56.9 Å². The van der Waals surface area contributed by atoms with Crippen molar-refractivity contribution in [1.82, 2.24) is 9.80 Å². The highest BCUT2D eigenvalue weighted by atomic mass is 16.2. The summed E-state index contributed by atoms with van der Waals surface area (Å²) in [6, 6.07) is 23.7. The molecule has 0 spiro atoms. The van der Waals surface area contributed by atoms with Gasteiger partial charge in [-0.2, -0.15) is 0 Å². The highest BCUT2D eigenvalue weighted by Gasteiger charge is 2.35. The number of hydrogen-bond donors (Lipinski definition) is 1. The van der Waals surface area contributed by atoms with Crippen molar-refractivity contribution >= 4 is 17.5 Å². The summed E-state index contributed by atoms with van der Waals surface area (Å²) in [5.74, 6) is 0.122. The first-order chi connectivity index (χ1) is 15.7. The molecule has 1 N–H and O–H groups in total. The Morgan fingerprint density at radius 3 is 2.47 bits per heavy atom. The van der Waals surface area contributed by atoms with E-state index in [2.05, 4.69) is 30.4 Å². The van der Waals surface area contributed by atoms with E-state index < -0.39 is 0 Å². The second-order valence-electron chi connectivity index (χ2n) is 8.46. The minimum Gasteiger partial charge on any atom is -0.361 e. The Balaban J connectivity index is 1.32. The molecule has 2 aliphatic heterocycles. The molecule has 5 heteroatoms. The Hall–Kier alpha value is -3.60. The second kappa shape index (κ2) is 8.50. The maximum atomic E-state index is 13.1. The van der Waals surface area contributed by atoms with Gasteiger partial charge in [0.05, 0.1) is 0 Å². The van der Waals surface area contributed by atoms with Crippen molar-refractivity contribution < 1.29 is 9.59 Å². The number of rotatable bonds is 5. The molecular formula is C27H27N3O2. The molecule has 0 bridgehead atoms. The summed E-state index contributed by atoms with van der Waals surface area (Å²) in [4.78, 5) is 29.7. The Bertz CT molecular complexity index is 1160. The van der Waals surface area contributed by atoms with Crippen LogP contribution in [0.3, 0.4) is 0 Å². The highest BCUT2D eigenvalue weighted by Crippen LogP contribution is 2.34. The zero-order valence-corrected chi connectivity index (χ0v) is 18.3. The molecule has 162 valence electrons. The number of nitrogens with zero attached hydrogens (tertiary/aromatic N) is 2. The average Bonchev–Trinajstić information content (AvgIpc) is 3.10. The lowest BCUT2D eigenvalue weighted by molar-refractivity contribution is 0.0731. The summed E-state index contributed by atoms with van der Waals surface area (Å²) in [7, 11) is 0. The SMILES string of the molecule is CCCN1C(=O)c2ccccc2C1Nc1ccc(C(=O)N2CCc3ccccc3C2)cc1. The van der Waals surface area contributed by atoms with E-state index in [0.29, 0.717) is 18.7 Å². The first kappa shape index (κ1) is 20.3. The largest absolute Gasteiger partial charge is 0.361 e. The minimum atomic E-state index is -0.196. The molecule has 5 rings (SSSR count). The third kappa shape index (κ3) is 3.64. The van der Waals surface area contributed by atoms with Crippen LogP contribution in [0.15, 0.2) is 72.8 Å². The van der Waals surface area contributed by atoms with Crippen LogP contribution in [0.4, 0.5) is 5.69 Å². The number of nitrogens with one attached hydrogen (secondary N) is 1. The van der Waals surface area contributed by atoms with E-state index in [1.807, 2.05) is 64.4 Å². The molecule has 2 heterocycles. The number of hydrogen-bond acceptors (Lipinski definition) is 3. The van der Waals surface area contributed by atoms with Crippen molar-refractivity contribution in [3.8, 4) is 0 Å². The van der Waals surface area contributed by atoms with Gasteiger partial charge < -0.3 is 15.1 Å². The van der Waals surface area contributed by atoms with Gasteiger partial charge in [0.25, 0.3) is 11.8 Å². The third-order valence-corrected chi connectivity index (χ3v) is 6.38. The van der Waals surface area contributed by atoms with Crippen molar-refractivity contribution in [3.63, 3.8) is 0 Å². The predicted octanol–water partition coefficient (Wildman–Crippen LogP) is 4.86. The number of amides is 2. The van der Waals surface area contributed by atoms with E-state index in [4.69, 9.17) is 0 Å². The van der Waals surface area contributed by atoms with Crippen molar-refractivity contribution in [1.29, 1.82) is 0 Å². The van der Waals surface area contributed by atoms with Gasteiger partial charge in [-0.15, -0.1) is 0 Å². The van der Waals surface area contributed by atoms with Gasteiger partial charge >= 0.3 is 0 Å². The molecule has 0 saturated carbocycles. The minimum absolute atomic E-state index is 0.0556. The number of carbonyl (C=O) groups is 2. The van der Waals surface area contributed by atoms with Gasteiger partial charge in [0.15, 0.2) is 0 Å². The zero-order valence-electron chi connectivity index (χ0n) is 18.3. The Morgan fingerprint density at radius 2 is 1.69 bits per heavy atom. The number of carbonyl (C=O) groups excluding carboxylic acids is 2.